The quantitative estimate of drug-likeness (QED) is 0.0874. The number of hydrogen-bond donors (Lipinski definition) is 12. The maximum absolute atomic E-state index is 12.7. The van der Waals surface area contributed by atoms with E-state index in [1.807, 2.05) is 34.6 Å². The molecule has 0 aromatic rings. The number of ether oxygens (including phenoxy) is 6. The van der Waals surface area contributed by atoms with E-state index in [1.54, 1.807) is 0 Å². The summed E-state index contributed by atoms with van der Waals surface area (Å²) in [6, 6.07) is 0. The molecule has 18 nitrogen and oxygen atoms in total. The summed E-state index contributed by atoms with van der Waals surface area (Å²) in [4.78, 5) is 0. The van der Waals surface area contributed by atoms with Crippen LogP contribution in [0.15, 0.2) is 11.6 Å². The Balaban J connectivity index is 1.27. The Morgan fingerprint density at radius 3 is 1.94 bits per heavy atom. The van der Waals surface area contributed by atoms with E-state index in [0.29, 0.717) is 51.4 Å². The van der Waals surface area contributed by atoms with Gasteiger partial charge in [-0.3, -0.25) is 0 Å². The maximum Gasteiger partial charge on any atom is 0.187 e. The molecule has 7 aliphatic rings. The highest BCUT2D eigenvalue weighted by Gasteiger charge is 2.74. The third-order valence-corrected chi connectivity index (χ3v) is 18.3. The van der Waals surface area contributed by atoms with Gasteiger partial charge in [0.2, 0.25) is 0 Å². The molecule has 0 spiro atoms. The van der Waals surface area contributed by atoms with Crippen LogP contribution in [-0.2, 0) is 28.4 Å². The van der Waals surface area contributed by atoms with Gasteiger partial charge in [-0.2, -0.15) is 0 Å². The van der Waals surface area contributed by atoms with Gasteiger partial charge in [0, 0.05) is 0 Å². The zero-order valence-corrected chi connectivity index (χ0v) is 39.3. The first-order valence-corrected chi connectivity index (χ1v) is 23.9. The molecule has 0 bridgehead atoms. The van der Waals surface area contributed by atoms with Crippen molar-refractivity contribution in [2.24, 2.45) is 45.3 Å². The van der Waals surface area contributed by atoms with Crippen molar-refractivity contribution < 1.29 is 89.7 Å². The molecule has 12 N–H and O–H groups in total. The molecule has 0 radical (unpaired) electrons. The lowest BCUT2D eigenvalue weighted by Gasteiger charge is -2.72. The van der Waals surface area contributed by atoms with Gasteiger partial charge in [0.15, 0.2) is 18.9 Å². The van der Waals surface area contributed by atoms with Crippen molar-refractivity contribution >= 4 is 0 Å². The highest BCUT2D eigenvalue weighted by Crippen LogP contribution is 2.76. The number of aliphatic hydroxyl groups excluding tert-OH is 12. The second-order valence-corrected chi connectivity index (χ2v) is 22.6. The minimum absolute atomic E-state index is 0.0828. The monoisotopic (exact) mass is 933 g/mol. The predicted molar refractivity (Wildman–Crippen MR) is 229 cm³/mol. The van der Waals surface area contributed by atoms with E-state index >= 15 is 0 Å². The lowest BCUT2D eigenvalue weighted by atomic mass is 9.34. The Labute approximate surface area is 382 Å². The minimum atomic E-state index is -1.73. The lowest BCUT2D eigenvalue weighted by Crippen LogP contribution is -2.71. The van der Waals surface area contributed by atoms with Gasteiger partial charge < -0.3 is 89.7 Å². The van der Waals surface area contributed by atoms with E-state index in [9.17, 15) is 61.3 Å². The maximum atomic E-state index is 12.7. The van der Waals surface area contributed by atoms with Crippen LogP contribution in [0.1, 0.15) is 107 Å². The number of aliphatic hydroxyl groups is 12. The van der Waals surface area contributed by atoms with Gasteiger partial charge in [-0.15, -0.1) is 0 Å². The van der Waals surface area contributed by atoms with Crippen molar-refractivity contribution in [3.8, 4) is 0 Å². The van der Waals surface area contributed by atoms with Crippen LogP contribution < -0.4 is 0 Å². The lowest BCUT2D eigenvalue weighted by molar-refractivity contribution is -0.377. The van der Waals surface area contributed by atoms with Gasteiger partial charge in [0.1, 0.15) is 67.1 Å². The number of hydrogen-bond acceptors (Lipinski definition) is 18. The average molecular weight is 933 g/mol. The Bertz CT molecular complexity index is 1660. The number of fused-ring (bicyclic) bond motifs is 5. The second kappa shape index (κ2) is 19.0. The summed E-state index contributed by atoms with van der Waals surface area (Å²) >= 11 is 0. The second-order valence-electron chi connectivity index (χ2n) is 22.6. The Kier molecular flexibility index (Phi) is 15.1. The highest BCUT2D eigenvalue weighted by atomic mass is 16.8. The molecule has 0 amide bonds. The molecule has 3 heterocycles. The summed E-state index contributed by atoms with van der Waals surface area (Å²) in [7, 11) is 0. The van der Waals surface area contributed by atoms with Gasteiger partial charge >= 0.3 is 0 Å². The van der Waals surface area contributed by atoms with Crippen molar-refractivity contribution in [2.75, 3.05) is 19.8 Å². The topological polar surface area (TPSA) is 298 Å². The largest absolute Gasteiger partial charge is 0.394 e. The molecule has 0 aromatic heterocycles. The molecule has 0 aromatic carbocycles. The average Bonchev–Trinajstić information content (AvgIpc) is 3.63. The van der Waals surface area contributed by atoms with Gasteiger partial charge in [-0.05, 0) is 117 Å². The summed E-state index contributed by atoms with van der Waals surface area (Å²) in [5, 5.41) is 131. The third-order valence-electron chi connectivity index (χ3n) is 18.3. The summed E-state index contributed by atoms with van der Waals surface area (Å²) in [5.41, 5.74) is -2.41. The van der Waals surface area contributed by atoms with Gasteiger partial charge in [0.25, 0.3) is 0 Å². The summed E-state index contributed by atoms with van der Waals surface area (Å²) < 4.78 is 37.7. The van der Waals surface area contributed by atoms with E-state index in [4.69, 9.17) is 28.4 Å². The molecule has 3 saturated heterocycles. The van der Waals surface area contributed by atoms with Gasteiger partial charge in [-0.1, -0.05) is 46.3 Å². The zero-order chi connectivity index (χ0) is 47.9. The summed E-state index contributed by atoms with van der Waals surface area (Å²) in [6.07, 6.45) is -17.2. The van der Waals surface area contributed by atoms with Crippen LogP contribution in [0.5, 0.6) is 0 Å². The van der Waals surface area contributed by atoms with Crippen molar-refractivity contribution in [1.29, 1.82) is 0 Å². The van der Waals surface area contributed by atoms with Crippen molar-refractivity contribution in [1.82, 2.24) is 0 Å². The fourth-order valence-electron chi connectivity index (χ4n) is 14.6. The smallest absolute Gasteiger partial charge is 0.187 e. The normalized spacial score (nSPS) is 53.0. The summed E-state index contributed by atoms with van der Waals surface area (Å²) in [6.45, 7) is 15.0. The van der Waals surface area contributed by atoms with Crippen molar-refractivity contribution in [2.45, 2.75) is 217 Å². The van der Waals surface area contributed by atoms with Gasteiger partial charge in [0.05, 0.1) is 43.7 Å². The number of allylic oxidation sites excluding steroid dienone is 2. The first-order valence-electron chi connectivity index (χ1n) is 23.9. The zero-order valence-electron chi connectivity index (χ0n) is 39.3. The molecule has 0 unspecified atom stereocenters. The first-order chi connectivity index (χ1) is 30.3. The SMILES string of the molecule is CC(C)=CCC[C@](C)(O[C@H]1O[C@H](CO)[C@@H](O)[C@H](O)[C@H]1O)[C@H]1CC[C@]2(C)[C@@H]1[C@H](O)C[C@@H]1[C@@]3(C)CC[C@@H](O)C(C)(C)[C@H]3[C@H](O[C@H]3O[C@H](CO)[C@@H](O)[C@H](O)[C@H]3O[C@H]3OC[C@@H](O)[C@H](O)[C@H]3O)C[C@]12C. The fraction of sp³-hybridized carbons (Fsp3) is 0.957. The molecule has 3 aliphatic heterocycles. The van der Waals surface area contributed by atoms with Crippen LogP contribution >= 0.6 is 0 Å². The van der Waals surface area contributed by atoms with Crippen molar-refractivity contribution in [3.05, 3.63) is 11.6 Å². The molecule has 7 rings (SSSR count). The molecular weight excluding hydrogens is 852 g/mol. The highest BCUT2D eigenvalue weighted by molar-refractivity contribution is 5.22. The third kappa shape index (κ3) is 8.72. The Morgan fingerprint density at radius 1 is 0.692 bits per heavy atom. The van der Waals surface area contributed by atoms with Crippen LogP contribution in [0.2, 0.25) is 0 Å². The molecule has 18 heteroatoms. The van der Waals surface area contributed by atoms with E-state index in [0.717, 1.165) is 5.57 Å². The van der Waals surface area contributed by atoms with Crippen LogP contribution in [0.3, 0.4) is 0 Å². The number of rotatable bonds is 12. The molecule has 65 heavy (non-hydrogen) atoms. The fourth-order valence-corrected chi connectivity index (χ4v) is 14.6. The van der Waals surface area contributed by atoms with Crippen LogP contribution in [-0.4, -0.2) is 191 Å². The first kappa shape index (κ1) is 51.9. The predicted octanol–water partition coefficient (Wildman–Crippen LogP) is -0.417. The van der Waals surface area contributed by atoms with Crippen LogP contribution in [0.4, 0.5) is 0 Å². The van der Waals surface area contributed by atoms with Gasteiger partial charge in [-0.25, -0.2) is 0 Å². The van der Waals surface area contributed by atoms with Crippen LogP contribution in [0.25, 0.3) is 0 Å². The Hall–Kier alpha value is -0.980. The Morgan fingerprint density at radius 2 is 1.31 bits per heavy atom. The molecule has 4 aliphatic carbocycles. The molecule has 25 atom stereocenters. The minimum Gasteiger partial charge on any atom is -0.394 e. The molecule has 7 fully saturated rings. The molecule has 376 valence electrons. The van der Waals surface area contributed by atoms with Crippen LogP contribution in [0, 0.1) is 45.3 Å². The molecular formula is C47H80O18. The standard InChI is InChI=1S/C47H80O18/c1-21(2)10-9-13-47(8,65-41-37(59)34(56)32(54)26(18-48)62-41)22-11-15-45(6)30(22)23(50)16-28-44(5)14-12-29(52)43(3,4)39(44)25(17-46(28,45)7)61-42-38(35(57)33(55)27(19-49)63-42)64-40-36(58)31(53)24(51)20-60-40/h10,22-42,48-59H,9,11-20H2,1-8H3/t22-,23+,24+,25+,26+,27+,28+,29+,30-,31-,32+,33+,34-,35-,36+,37+,38+,39+,40+,41+,42-,44+,45+,46+,47-/m0/s1. The van der Waals surface area contributed by atoms with E-state index < -0.39 is 145 Å². The van der Waals surface area contributed by atoms with E-state index in [-0.39, 0.29) is 30.3 Å². The van der Waals surface area contributed by atoms with E-state index in [1.165, 1.54) is 0 Å². The van der Waals surface area contributed by atoms with Crippen molar-refractivity contribution in [3.63, 3.8) is 0 Å². The summed E-state index contributed by atoms with van der Waals surface area (Å²) in [5.74, 6) is -1.11. The van der Waals surface area contributed by atoms with E-state index in [2.05, 4.69) is 26.8 Å². The molecule has 4 saturated carbocycles.